The largest absolute Gasteiger partial charge is 0.494 e. The predicted molar refractivity (Wildman–Crippen MR) is 55.8 cm³/mol. The Morgan fingerprint density at radius 2 is 2.31 bits per heavy atom. The van der Waals surface area contributed by atoms with Gasteiger partial charge in [0.05, 0.1) is 7.11 Å². The molecule has 0 radical (unpaired) electrons. The van der Waals surface area contributed by atoms with Gasteiger partial charge in [-0.15, -0.1) is 0 Å². The standard InChI is InChI=1S/C10H10BrFO/c1-7(6-11)8-3-4-10(13-2)9(12)5-8/h3-5H,1,6H2,2H3. The van der Waals surface area contributed by atoms with Gasteiger partial charge in [-0.25, -0.2) is 4.39 Å². The van der Waals surface area contributed by atoms with Gasteiger partial charge in [-0.3, -0.25) is 0 Å². The van der Waals surface area contributed by atoms with Crippen molar-refractivity contribution in [3.8, 4) is 5.75 Å². The van der Waals surface area contributed by atoms with E-state index >= 15 is 0 Å². The van der Waals surface area contributed by atoms with Crippen LogP contribution < -0.4 is 4.74 Å². The summed E-state index contributed by atoms with van der Waals surface area (Å²) in [5.74, 6) is -0.103. The van der Waals surface area contributed by atoms with E-state index < -0.39 is 0 Å². The van der Waals surface area contributed by atoms with Crippen LogP contribution in [0.1, 0.15) is 5.56 Å². The molecule has 1 aromatic carbocycles. The van der Waals surface area contributed by atoms with Crippen molar-refractivity contribution < 1.29 is 9.13 Å². The molecule has 0 aromatic heterocycles. The van der Waals surface area contributed by atoms with Crippen LogP contribution in [-0.2, 0) is 0 Å². The number of ether oxygens (including phenoxy) is 1. The van der Waals surface area contributed by atoms with Crippen molar-refractivity contribution in [3.05, 3.63) is 36.2 Å². The van der Waals surface area contributed by atoms with E-state index in [-0.39, 0.29) is 11.6 Å². The van der Waals surface area contributed by atoms with Crippen LogP contribution in [0.5, 0.6) is 5.75 Å². The molecular formula is C10H10BrFO. The molecule has 70 valence electrons. The van der Waals surface area contributed by atoms with Gasteiger partial charge in [0.2, 0.25) is 0 Å². The third-order valence-corrected chi connectivity index (χ3v) is 2.40. The molecule has 0 saturated carbocycles. The summed E-state index contributed by atoms with van der Waals surface area (Å²) in [4.78, 5) is 0. The molecule has 0 spiro atoms. The Balaban J connectivity index is 3.02. The number of rotatable bonds is 3. The van der Waals surface area contributed by atoms with Crippen molar-refractivity contribution in [2.24, 2.45) is 0 Å². The minimum atomic E-state index is -0.359. The van der Waals surface area contributed by atoms with Gasteiger partial charge in [-0.05, 0) is 23.3 Å². The molecule has 0 aliphatic rings. The van der Waals surface area contributed by atoms with Crippen LogP contribution in [0.25, 0.3) is 5.57 Å². The average Bonchev–Trinajstić information content (AvgIpc) is 2.16. The first kappa shape index (κ1) is 10.3. The van der Waals surface area contributed by atoms with E-state index in [1.165, 1.54) is 13.2 Å². The van der Waals surface area contributed by atoms with Crippen LogP contribution in [0.2, 0.25) is 0 Å². The number of halogens is 2. The number of methoxy groups -OCH3 is 1. The number of allylic oxidation sites excluding steroid dienone is 1. The second-order valence-corrected chi connectivity index (χ2v) is 3.15. The van der Waals surface area contributed by atoms with Crippen LogP contribution in [0.4, 0.5) is 4.39 Å². The molecule has 0 aliphatic carbocycles. The lowest BCUT2D eigenvalue weighted by atomic mass is 10.1. The van der Waals surface area contributed by atoms with Crippen LogP contribution in [-0.4, -0.2) is 12.4 Å². The summed E-state index contributed by atoms with van der Waals surface area (Å²) in [6, 6.07) is 4.80. The Hall–Kier alpha value is -0.830. The quantitative estimate of drug-likeness (QED) is 0.743. The van der Waals surface area contributed by atoms with Gasteiger partial charge in [-0.2, -0.15) is 0 Å². The molecule has 0 aliphatic heterocycles. The lowest BCUT2D eigenvalue weighted by Gasteiger charge is -2.05. The zero-order valence-corrected chi connectivity index (χ0v) is 8.90. The molecule has 1 nitrogen and oxygen atoms in total. The lowest BCUT2D eigenvalue weighted by molar-refractivity contribution is 0.386. The lowest BCUT2D eigenvalue weighted by Crippen LogP contribution is -1.90. The zero-order chi connectivity index (χ0) is 9.84. The van der Waals surface area contributed by atoms with Crippen LogP contribution in [0.15, 0.2) is 24.8 Å². The van der Waals surface area contributed by atoms with Gasteiger partial charge in [0, 0.05) is 5.33 Å². The molecule has 0 heterocycles. The molecule has 0 bridgehead atoms. The highest BCUT2D eigenvalue weighted by atomic mass is 79.9. The molecule has 0 atom stereocenters. The number of hydrogen-bond donors (Lipinski definition) is 0. The second-order valence-electron chi connectivity index (χ2n) is 2.59. The summed E-state index contributed by atoms with van der Waals surface area (Å²) in [6.07, 6.45) is 0. The van der Waals surface area contributed by atoms with E-state index in [0.717, 1.165) is 11.1 Å². The summed E-state index contributed by atoms with van der Waals surface area (Å²) in [7, 11) is 1.44. The minimum Gasteiger partial charge on any atom is -0.494 e. The molecule has 3 heteroatoms. The molecule has 0 unspecified atom stereocenters. The monoisotopic (exact) mass is 244 g/mol. The fraction of sp³-hybridized carbons (Fsp3) is 0.200. The average molecular weight is 245 g/mol. The SMILES string of the molecule is C=C(CBr)c1ccc(OC)c(F)c1. The van der Waals surface area contributed by atoms with Crippen LogP contribution in [0, 0.1) is 5.82 Å². The number of alkyl halides is 1. The van der Waals surface area contributed by atoms with E-state index in [2.05, 4.69) is 22.5 Å². The van der Waals surface area contributed by atoms with E-state index in [9.17, 15) is 4.39 Å². The third kappa shape index (κ3) is 2.31. The molecule has 0 fully saturated rings. The Morgan fingerprint density at radius 3 is 2.77 bits per heavy atom. The van der Waals surface area contributed by atoms with Gasteiger partial charge in [0.1, 0.15) is 0 Å². The Bertz CT molecular complexity index is 323. The van der Waals surface area contributed by atoms with Crippen LogP contribution >= 0.6 is 15.9 Å². The molecule has 0 N–H and O–H groups in total. The molecule has 1 rings (SSSR count). The minimum absolute atomic E-state index is 0.256. The number of benzene rings is 1. The maximum atomic E-state index is 13.2. The maximum absolute atomic E-state index is 13.2. The van der Waals surface area contributed by atoms with E-state index in [1.54, 1.807) is 12.1 Å². The summed E-state index contributed by atoms with van der Waals surface area (Å²) in [6.45, 7) is 3.79. The van der Waals surface area contributed by atoms with Crippen molar-refractivity contribution in [1.29, 1.82) is 0 Å². The zero-order valence-electron chi connectivity index (χ0n) is 7.31. The van der Waals surface area contributed by atoms with Gasteiger partial charge in [0.15, 0.2) is 11.6 Å². The molecule has 0 amide bonds. The maximum Gasteiger partial charge on any atom is 0.165 e. The van der Waals surface area contributed by atoms with E-state index in [1.807, 2.05) is 0 Å². The topological polar surface area (TPSA) is 9.23 Å². The molecular weight excluding hydrogens is 235 g/mol. The van der Waals surface area contributed by atoms with Crippen molar-refractivity contribution in [1.82, 2.24) is 0 Å². The first-order valence-electron chi connectivity index (χ1n) is 3.76. The fourth-order valence-electron chi connectivity index (χ4n) is 0.963. The smallest absolute Gasteiger partial charge is 0.165 e. The van der Waals surface area contributed by atoms with Gasteiger partial charge >= 0.3 is 0 Å². The first-order valence-corrected chi connectivity index (χ1v) is 4.89. The van der Waals surface area contributed by atoms with Crippen molar-refractivity contribution in [2.75, 3.05) is 12.4 Å². The molecule has 13 heavy (non-hydrogen) atoms. The fourth-order valence-corrected chi connectivity index (χ4v) is 1.29. The predicted octanol–water partition coefficient (Wildman–Crippen LogP) is 3.24. The third-order valence-electron chi connectivity index (χ3n) is 1.72. The van der Waals surface area contributed by atoms with Gasteiger partial charge < -0.3 is 4.74 Å². The number of hydrogen-bond acceptors (Lipinski definition) is 1. The Morgan fingerprint density at radius 1 is 1.62 bits per heavy atom. The summed E-state index contributed by atoms with van der Waals surface area (Å²) in [5, 5.41) is 0.638. The summed E-state index contributed by atoms with van der Waals surface area (Å²) < 4.78 is 18.0. The highest BCUT2D eigenvalue weighted by Gasteiger charge is 2.04. The van der Waals surface area contributed by atoms with E-state index in [0.29, 0.717) is 5.33 Å². The van der Waals surface area contributed by atoms with Crippen LogP contribution in [0.3, 0.4) is 0 Å². The van der Waals surface area contributed by atoms with Crippen molar-refractivity contribution in [3.63, 3.8) is 0 Å². The van der Waals surface area contributed by atoms with Gasteiger partial charge in [-0.1, -0.05) is 28.6 Å². The van der Waals surface area contributed by atoms with Gasteiger partial charge in [0.25, 0.3) is 0 Å². The summed E-state index contributed by atoms with van der Waals surface area (Å²) >= 11 is 3.26. The molecule has 1 aromatic rings. The normalized spacial score (nSPS) is 9.77. The van der Waals surface area contributed by atoms with Crippen molar-refractivity contribution >= 4 is 21.5 Å². The summed E-state index contributed by atoms with van der Waals surface area (Å²) in [5.41, 5.74) is 1.64. The second kappa shape index (κ2) is 4.42. The highest BCUT2D eigenvalue weighted by molar-refractivity contribution is 9.09. The van der Waals surface area contributed by atoms with E-state index in [4.69, 9.17) is 4.74 Å². The Kier molecular flexibility index (Phi) is 3.48. The Labute approximate surface area is 85.3 Å². The highest BCUT2D eigenvalue weighted by Crippen LogP contribution is 2.22. The molecule has 0 saturated heterocycles. The van der Waals surface area contributed by atoms with Crippen molar-refractivity contribution in [2.45, 2.75) is 0 Å². The first-order chi connectivity index (χ1) is 6.19.